The second-order valence-electron chi connectivity index (χ2n) is 7.05. The monoisotopic (exact) mass is 468 g/mol. The van der Waals surface area contributed by atoms with Gasteiger partial charge in [-0.2, -0.15) is 8.42 Å². The molecule has 0 fully saturated rings. The first-order chi connectivity index (χ1) is 15.4. The fourth-order valence-corrected chi connectivity index (χ4v) is 5.87. The minimum absolute atomic E-state index is 0.0304. The predicted octanol–water partition coefficient (Wildman–Crippen LogP) is 3.74. The SMILES string of the molecule is COc1ccc(NC(=O)CSc2[nH]c3ccccc3[n+]2S(=O)(=O)c2ccccc2)c(C)c1. The first-order valence-electron chi connectivity index (χ1n) is 9.81. The van der Waals surface area contributed by atoms with Crippen LogP contribution in [0.1, 0.15) is 5.56 Å². The number of rotatable bonds is 7. The molecule has 2 N–H and O–H groups in total. The second-order valence-corrected chi connectivity index (χ2v) is 9.80. The number of anilines is 1. The van der Waals surface area contributed by atoms with Gasteiger partial charge in [-0.25, -0.2) is 4.98 Å². The lowest BCUT2D eigenvalue weighted by molar-refractivity contribution is -0.526. The van der Waals surface area contributed by atoms with Crippen molar-refractivity contribution in [2.24, 2.45) is 0 Å². The van der Waals surface area contributed by atoms with Crippen LogP contribution in [0, 0.1) is 6.92 Å². The third-order valence-corrected chi connectivity index (χ3v) is 7.69. The largest absolute Gasteiger partial charge is 0.497 e. The Morgan fingerprint density at radius 1 is 1.06 bits per heavy atom. The summed E-state index contributed by atoms with van der Waals surface area (Å²) in [6.45, 7) is 1.88. The first kappa shape index (κ1) is 21.9. The van der Waals surface area contributed by atoms with Crippen LogP contribution in [0.2, 0.25) is 0 Å². The Morgan fingerprint density at radius 2 is 1.78 bits per heavy atom. The number of carbonyl (C=O) groups is 1. The number of carbonyl (C=O) groups excluding carboxylic acids is 1. The summed E-state index contributed by atoms with van der Waals surface area (Å²) < 4.78 is 33.2. The van der Waals surface area contributed by atoms with E-state index in [0.29, 0.717) is 27.6 Å². The van der Waals surface area contributed by atoms with E-state index in [1.165, 1.54) is 3.97 Å². The summed E-state index contributed by atoms with van der Waals surface area (Å²) in [5.74, 6) is 0.494. The molecule has 32 heavy (non-hydrogen) atoms. The molecule has 0 spiro atoms. The lowest BCUT2D eigenvalue weighted by atomic mass is 10.2. The Labute approximate surface area is 190 Å². The van der Waals surface area contributed by atoms with E-state index in [0.717, 1.165) is 17.3 Å². The Hall–Kier alpha value is -3.30. The molecule has 164 valence electrons. The Balaban J connectivity index is 1.61. The highest BCUT2D eigenvalue weighted by Gasteiger charge is 2.31. The van der Waals surface area contributed by atoms with E-state index in [-0.39, 0.29) is 16.6 Å². The molecule has 9 heteroatoms. The maximum Gasteiger partial charge on any atom is 0.336 e. The predicted molar refractivity (Wildman–Crippen MR) is 125 cm³/mol. The van der Waals surface area contributed by atoms with Crippen molar-refractivity contribution >= 4 is 44.4 Å². The number of H-pyrrole nitrogens is 1. The standard InChI is InChI=1S/C23H21N3O4S2/c1-16-14-17(30-2)12-13-19(16)24-22(27)15-31-23-25-20-10-6-7-11-21(20)26(23)32(28,29)18-8-4-3-5-9-18/h3-14H,15H2,1-2H3,(H,24,27)/p+1. The van der Waals surface area contributed by atoms with Crippen molar-refractivity contribution in [3.8, 4) is 5.75 Å². The van der Waals surface area contributed by atoms with Crippen molar-refractivity contribution in [2.45, 2.75) is 17.0 Å². The maximum atomic E-state index is 13.4. The van der Waals surface area contributed by atoms with Gasteiger partial charge in [0.15, 0.2) is 11.0 Å². The number of para-hydroxylation sites is 2. The van der Waals surface area contributed by atoms with Crippen LogP contribution in [-0.4, -0.2) is 32.2 Å². The van der Waals surface area contributed by atoms with E-state index < -0.39 is 10.0 Å². The van der Waals surface area contributed by atoms with E-state index in [1.54, 1.807) is 67.8 Å². The van der Waals surface area contributed by atoms with E-state index in [1.807, 2.05) is 19.1 Å². The van der Waals surface area contributed by atoms with Crippen LogP contribution in [0.5, 0.6) is 5.75 Å². The summed E-state index contributed by atoms with van der Waals surface area (Å²) >= 11 is 1.13. The van der Waals surface area contributed by atoms with Crippen LogP contribution in [0.25, 0.3) is 11.0 Å². The molecule has 0 aliphatic carbocycles. The zero-order valence-corrected chi connectivity index (χ0v) is 19.2. The first-order valence-corrected chi connectivity index (χ1v) is 12.2. The minimum Gasteiger partial charge on any atom is -0.497 e. The normalized spacial score (nSPS) is 11.4. The summed E-state index contributed by atoms with van der Waals surface area (Å²) in [5, 5.41) is 3.23. The van der Waals surface area contributed by atoms with Gasteiger partial charge >= 0.3 is 15.2 Å². The smallest absolute Gasteiger partial charge is 0.336 e. The van der Waals surface area contributed by atoms with Crippen LogP contribution in [0.3, 0.4) is 0 Å². The molecule has 0 radical (unpaired) electrons. The fraction of sp³-hybridized carbons (Fsp3) is 0.130. The van der Waals surface area contributed by atoms with Crippen molar-refractivity contribution in [1.82, 2.24) is 4.98 Å². The average Bonchev–Trinajstić information content (AvgIpc) is 3.19. The van der Waals surface area contributed by atoms with Crippen LogP contribution < -0.4 is 14.0 Å². The molecule has 1 heterocycles. The van der Waals surface area contributed by atoms with Crippen LogP contribution in [0.4, 0.5) is 5.69 Å². The number of aryl methyl sites for hydroxylation is 1. The number of nitrogens with one attached hydrogen (secondary N) is 2. The lowest BCUT2D eigenvalue weighted by Crippen LogP contribution is -2.44. The molecule has 0 aliphatic heterocycles. The average molecular weight is 469 g/mol. The van der Waals surface area contributed by atoms with Crippen molar-refractivity contribution in [2.75, 3.05) is 18.2 Å². The topological polar surface area (TPSA) is 92.1 Å². The van der Waals surface area contributed by atoms with Crippen LogP contribution >= 0.6 is 11.8 Å². The van der Waals surface area contributed by atoms with Gasteiger partial charge in [0.25, 0.3) is 0 Å². The molecule has 0 saturated heterocycles. The summed E-state index contributed by atoms with van der Waals surface area (Å²) in [7, 11) is -2.27. The number of hydrogen-bond donors (Lipinski definition) is 2. The number of benzene rings is 3. The molecule has 0 bridgehead atoms. The summed E-state index contributed by atoms with van der Waals surface area (Å²) in [4.78, 5) is 15.9. The quantitative estimate of drug-likeness (QED) is 0.318. The summed E-state index contributed by atoms with van der Waals surface area (Å²) in [5.41, 5.74) is 2.74. The van der Waals surface area contributed by atoms with Gasteiger partial charge in [0.1, 0.15) is 10.6 Å². The molecule has 1 aromatic heterocycles. The van der Waals surface area contributed by atoms with Gasteiger partial charge in [0.05, 0.1) is 12.9 Å². The zero-order chi connectivity index (χ0) is 22.7. The molecular weight excluding hydrogens is 446 g/mol. The maximum absolute atomic E-state index is 13.4. The fourth-order valence-electron chi connectivity index (χ4n) is 3.29. The minimum atomic E-state index is -3.86. The lowest BCUT2D eigenvalue weighted by Gasteiger charge is -2.09. The molecule has 1 amide bonds. The summed E-state index contributed by atoms with van der Waals surface area (Å²) in [6.07, 6.45) is 0. The molecule has 0 unspecified atom stereocenters. The third kappa shape index (κ3) is 4.35. The van der Waals surface area contributed by atoms with Gasteiger partial charge in [-0.05, 0) is 66.7 Å². The van der Waals surface area contributed by atoms with Crippen molar-refractivity contribution in [1.29, 1.82) is 0 Å². The van der Waals surface area contributed by atoms with Gasteiger partial charge < -0.3 is 10.1 Å². The summed E-state index contributed by atoms with van der Waals surface area (Å²) in [6, 6.07) is 20.8. The highest BCUT2D eigenvalue weighted by molar-refractivity contribution is 8.00. The van der Waals surface area contributed by atoms with Gasteiger partial charge in [-0.3, -0.25) is 4.79 Å². The van der Waals surface area contributed by atoms with Gasteiger partial charge in [-0.1, -0.05) is 30.3 Å². The number of imidazole rings is 1. The number of hydrogen-bond acceptors (Lipinski definition) is 5. The molecule has 4 rings (SSSR count). The number of thioether (sulfide) groups is 1. The molecule has 0 atom stereocenters. The highest BCUT2D eigenvalue weighted by Crippen LogP contribution is 2.24. The molecule has 4 aromatic rings. The number of ether oxygens (including phenoxy) is 1. The van der Waals surface area contributed by atoms with E-state index >= 15 is 0 Å². The van der Waals surface area contributed by atoms with E-state index in [2.05, 4.69) is 10.3 Å². The van der Waals surface area contributed by atoms with Crippen molar-refractivity contribution < 1.29 is 21.9 Å². The number of nitrogens with zero attached hydrogens (tertiary/aromatic N) is 1. The molecule has 0 saturated carbocycles. The van der Waals surface area contributed by atoms with Crippen molar-refractivity contribution in [3.63, 3.8) is 0 Å². The molecule has 0 aliphatic rings. The number of methoxy groups -OCH3 is 1. The highest BCUT2D eigenvalue weighted by atomic mass is 32.2. The van der Waals surface area contributed by atoms with Gasteiger partial charge in [-0.15, -0.1) is 3.97 Å². The zero-order valence-electron chi connectivity index (χ0n) is 17.5. The molecule has 7 nitrogen and oxygen atoms in total. The molecule has 3 aromatic carbocycles. The number of amides is 1. The van der Waals surface area contributed by atoms with Crippen LogP contribution in [0.15, 0.2) is 82.8 Å². The van der Waals surface area contributed by atoms with E-state index in [4.69, 9.17) is 4.74 Å². The van der Waals surface area contributed by atoms with Crippen LogP contribution in [-0.2, 0) is 14.8 Å². The Morgan fingerprint density at radius 3 is 2.50 bits per heavy atom. The Kier molecular flexibility index (Phi) is 6.20. The number of fused-ring (bicyclic) bond motifs is 1. The van der Waals surface area contributed by atoms with E-state index in [9.17, 15) is 13.2 Å². The number of aromatic nitrogens is 2. The Bertz CT molecular complexity index is 1380. The second kappa shape index (κ2) is 9.05. The van der Waals surface area contributed by atoms with Gasteiger partial charge in [0.2, 0.25) is 5.91 Å². The number of aromatic amines is 1. The molecular formula is C23H22N3O4S2+. The van der Waals surface area contributed by atoms with Crippen molar-refractivity contribution in [3.05, 3.63) is 78.4 Å². The third-order valence-electron chi connectivity index (χ3n) is 4.88. The van der Waals surface area contributed by atoms with Gasteiger partial charge in [0, 0.05) is 5.69 Å².